The van der Waals surface area contributed by atoms with E-state index >= 15 is 0 Å². The molecule has 1 aromatic carbocycles. The van der Waals surface area contributed by atoms with Crippen LogP contribution in [-0.4, -0.2) is 11.5 Å². The zero-order chi connectivity index (χ0) is 12.0. The monoisotopic (exact) mass is 250 g/mol. The van der Waals surface area contributed by atoms with Gasteiger partial charge in [0.05, 0.1) is 0 Å². The number of rotatable bonds is 2. The lowest BCUT2D eigenvalue weighted by molar-refractivity contribution is -0.0130. The maximum atomic E-state index is 6.22. The summed E-state index contributed by atoms with van der Waals surface area (Å²) in [4.78, 5) is 0. The topological polar surface area (TPSA) is 9.23 Å². The van der Waals surface area contributed by atoms with E-state index in [4.69, 9.17) is 16.3 Å². The predicted octanol–water partition coefficient (Wildman–Crippen LogP) is 3.96. The van der Waals surface area contributed by atoms with E-state index in [1.165, 1.54) is 30.4 Å². The zero-order valence-electron chi connectivity index (χ0n) is 10.5. The first-order valence-electron chi connectivity index (χ1n) is 6.50. The van der Waals surface area contributed by atoms with E-state index in [-0.39, 0.29) is 16.9 Å². The number of aryl methyl sites for hydroxylation is 2. The molecular formula is C15H19ClO. The van der Waals surface area contributed by atoms with Gasteiger partial charge in [0, 0.05) is 17.2 Å². The van der Waals surface area contributed by atoms with E-state index in [0.29, 0.717) is 0 Å². The highest BCUT2D eigenvalue weighted by atomic mass is 35.5. The fourth-order valence-corrected chi connectivity index (χ4v) is 3.12. The van der Waals surface area contributed by atoms with E-state index in [0.717, 1.165) is 12.2 Å². The molecule has 2 atom stereocenters. The van der Waals surface area contributed by atoms with Gasteiger partial charge < -0.3 is 4.74 Å². The number of benzene rings is 1. The summed E-state index contributed by atoms with van der Waals surface area (Å²) < 4.78 is 6.08. The highest BCUT2D eigenvalue weighted by molar-refractivity contribution is 6.21. The third-order valence-corrected chi connectivity index (χ3v) is 5.15. The molecule has 0 radical (unpaired) electrons. The van der Waals surface area contributed by atoms with E-state index in [1.54, 1.807) is 0 Å². The second-order valence-corrected chi connectivity index (χ2v) is 6.44. The molecule has 2 unspecified atom stereocenters. The van der Waals surface area contributed by atoms with Crippen LogP contribution in [0.25, 0.3) is 0 Å². The largest absolute Gasteiger partial charge is 0.490 e. The van der Waals surface area contributed by atoms with Crippen molar-refractivity contribution in [2.24, 2.45) is 5.41 Å². The summed E-state index contributed by atoms with van der Waals surface area (Å²) in [5, 5.41) is 0.252. The molecule has 0 bridgehead atoms. The molecule has 3 rings (SSSR count). The summed E-state index contributed by atoms with van der Waals surface area (Å²) in [6.07, 6.45) is 4.96. The van der Waals surface area contributed by atoms with Crippen molar-refractivity contribution in [2.45, 2.75) is 51.0 Å². The number of halogens is 1. The Bertz CT molecular complexity index is 439. The molecule has 2 heteroatoms. The first-order valence-corrected chi connectivity index (χ1v) is 6.93. The van der Waals surface area contributed by atoms with Gasteiger partial charge in [-0.15, -0.1) is 11.6 Å². The minimum absolute atomic E-state index is 0.0978. The minimum Gasteiger partial charge on any atom is -0.490 e. The Morgan fingerprint density at radius 2 is 2.00 bits per heavy atom. The van der Waals surface area contributed by atoms with Crippen LogP contribution in [-0.2, 0) is 12.8 Å². The number of hydrogen-bond donors (Lipinski definition) is 0. The van der Waals surface area contributed by atoms with Crippen LogP contribution in [0.2, 0.25) is 0 Å². The fourth-order valence-electron chi connectivity index (χ4n) is 2.82. The van der Waals surface area contributed by atoms with Gasteiger partial charge in [-0.25, -0.2) is 0 Å². The molecule has 0 amide bonds. The van der Waals surface area contributed by atoms with Crippen molar-refractivity contribution < 1.29 is 4.74 Å². The van der Waals surface area contributed by atoms with Crippen LogP contribution in [0.3, 0.4) is 0 Å². The summed E-state index contributed by atoms with van der Waals surface area (Å²) in [5.41, 5.74) is 3.07. The number of alkyl halides is 1. The van der Waals surface area contributed by atoms with E-state index in [2.05, 4.69) is 32.0 Å². The van der Waals surface area contributed by atoms with E-state index in [1.807, 2.05) is 0 Å². The van der Waals surface area contributed by atoms with E-state index < -0.39 is 0 Å². The third kappa shape index (κ3) is 1.85. The number of ether oxygens (including phenoxy) is 1. The minimum atomic E-state index is 0.0978. The van der Waals surface area contributed by atoms with Crippen LogP contribution in [0.1, 0.15) is 37.8 Å². The number of fused-ring (bicyclic) bond motifs is 1. The normalized spacial score (nSPS) is 29.6. The SMILES string of the molecule is CC1(C)C(Cl)CC1Oc1ccc2c(c1)CCC2. The van der Waals surface area contributed by atoms with Gasteiger partial charge in [0.15, 0.2) is 0 Å². The Hall–Kier alpha value is -0.690. The lowest BCUT2D eigenvalue weighted by Crippen LogP contribution is -2.53. The second-order valence-electron chi connectivity index (χ2n) is 5.92. The van der Waals surface area contributed by atoms with Crippen LogP contribution >= 0.6 is 11.6 Å². The molecule has 0 saturated heterocycles. The summed E-state index contributed by atoms with van der Waals surface area (Å²) >= 11 is 6.22. The molecular weight excluding hydrogens is 232 g/mol. The summed E-state index contributed by atoms with van der Waals surface area (Å²) in [7, 11) is 0. The molecule has 0 aromatic heterocycles. The van der Waals surface area contributed by atoms with Crippen LogP contribution < -0.4 is 4.74 Å². The van der Waals surface area contributed by atoms with Gasteiger partial charge in [0.2, 0.25) is 0 Å². The molecule has 2 aliphatic rings. The van der Waals surface area contributed by atoms with Gasteiger partial charge in [0.1, 0.15) is 11.9 Å². The average Bonchev–Trinajstić information content (AvgIpc) is 2.76. The first-order chi connectivity index (χ1) is 8.07. The van der Waals surface area contributed by atoms with Gasteiger partial charge in [0.25, 0.3) is 0 Å². The average molecular weight is 251 g/mol. The van der Waals surface area contributed by atoms with Gasteiger partial charge in [-0.1, -0.05) is 19.9 Å². The van der Waals surface area contributed by atoms with Gasteiger partial charge in [-0.3, -0.25) is 0 Å². The van der Waals surface area contributed by atoms with Crippen molar-refractivity contribution in [3.8, 4) is 5.75 Å². The predicted molar refractivity (Wildman–Crippen MR) is 70.9 cm³/mol. The van der Waals surface area contributed by atoms with Crippen LogP contribution in [0.15, 0.2) is 18.2 Å². The highest BCUT2D eigenvalue weighted by Gasteiger charge is 2.49. The molecule has 1 fully saturated rings. The molecule has 1 aromatic rings. The molecule has 0 spiro atoms. The lowest BCUT2D eigenvalue weighted by Gasteiger charge is -2.48. The molecule has 92 valence electrons. The van der Waals surface area contributed by atoms with Crippen LogP contribution in [0, 0.1) is 5.41 Å². The fraction of sp³-hybridized carbons (Fsp3) is 0.600. The Balaban J connectivity index is 1.74. The van der Waals surface area contributed by atoms with Crippen molar-refractivity contribution >= 4 is 11.6 Å². The molecule has 0 N–H and O–H groups in total. The summed E-state index contributed by atoms with van der Waals surface area (Å²) in [6, 6.07) is 6.56. The standard InChI is InChI=1S/C15H19ClO/c1-15(2)13(16)9-14(15)17-12-7-6-10-4-3-5-11(10)8-12/h6-8,13-14H,3-5,9H2,1-2H3. The first kappa shape index (κ1) is 11.4. The molecule has 2 aliphatic carbocycles. The Kier molecular flexibility index (Phi) is 2.62. The summed E-state index contributed by atoms with van der Waals surface area (Å²) in [5.74, 6) is 1.02. The maximum absolute atomic E-state index is 6.22. The molecule has 0 heterocycles. The molecule has 17 heavy (non-hydrogen) atoms. The van der Waals surface area contributed by atoms with Crippen LogP contribution in [0.5, 0.6) is 5.75 Å². The smallest absolute Gasteiger partial charge is 0.120 e. The molecule has 1 saturated carbocycles. The maximum Gasteiger partial charge on any atom is 0.120 e. The number of hydrogen-bond acceptors (Lipinski definition) is 1. The Morgan fingerprint density at radius 3 is 2.71 bits per heavy atom. The van der Waals surface area contributed by atoms with Crippen molar-refractivity contribution in [3.05, 3.63) is 29.3 Å². The lowest BCUT2D eigenvalue weighted by atomic mass is 9.68. The second kappa shape index (κ2) is 3.91. The summed E-state index contributed by atoms with van der Waals surface area (Å²) in [6.45, 7) is 4.37. The van der Waals surface area contributed by atoms with Crippen molar-refractivity contribution in [1.82, 2.24) is 0 Å². The highest BCUT2D eigenvalue weighted by Crippen LogP contribution is 2.46. The van der Waals surface area contributed by atoms with Gasteiger partial charge in [-0.2, -0.15) is 0 Å². The van der Waals surface area contributed by atoms with Crippen molar-refractivity contribution in [3.63, 3.8) is 0 Å². The Morgan fingerprint density at radius 1 is 1.24 bits per heavy atom. The van der Waals surface area contributed by atoms with Gasteiger partial charge in [-0.05, 0) is 42.5 Å². The van der Waals surface area contributed by atoms with E-state index in [9.17, 15) is 0 Å². The Labute approximate surface area is 108 Å². The van der Waals surface area contributed by atoms with Crippen molar-refractivity contribution in [2.75, 3.05) is 0 Å². The molecule has 0 aliphatic heterocycles. The third-order valence-electron chi connectivity index (χ3n) is 4.41. The molecule has 1 nitrogen and oxygen atoms in total. The van der Waals surface area contributed by atoms with Gasteiger partial charge >= 0.3 is 0 Å². The van der Waals surface area contributed by atoms with Crippen molar-refractivity contribution in [1.29, 1.82) is 0 Å². The van der Waals surface area contributed by atoms with Crippen LogP contribution in [0.4, 0.5) is 0 Å². The zero-order valence-corrected chi connectivity index (χ0v) is 11.3. The quantitative estimate of drug-likeness (QED) is 0.722.